The third kappa shape index (κ3) is 7.84. The van der Waals surface area contributed by atoms with Gasteiger partial charge in [0.1, 0.15) is 5.82 Å². The average Bonchev–Trinajstić information content (AvgIpc) is 3.88. The van der Waals surface area contributed by atoms with Gasteiger partial charge in [-0.1, -0.05) is 162 Å². The smallest absolute Gasteiger partial charge is 0.135 e. The number of nitrogens with zero attached hydrogens (tertiary/aromatic N) is 5. The van der Waals surface area contributed by atoms with Gasteiger partial charge in [0, 0.05) is 67.7 Å². The van der Waals surface area contributed by atoms with Crippen molar-refractivity contribution in [3.63, 3.8) is 0 Å². The Bertz CT molecular complexity index is 3090. The van der Waals surface area contributed by atoms with Crippen molar-refractivity contribution in [1.82, 2.24) is 9.55 Å². The van der Waals surface area contributed by atoms with Gasteiger partial charge in [0.2, 0.25) is 0 Å². The first-order valence-corrected chi connectivity index (χ1v) is 22.3. The fourth-order valence-electron chi connectivity index (χ4n) is 9.26. The van der Waals surface area contributed by atoms with E-state index in [9.17, 15) is 0 Å². The molecule has 3 heterocycles. The summed E-state index contributed by atoms with van der Waals surface area (Å²) < 4.78 is 2.25. The third-order valence-corrected chi connectivity index (χ3v) is 13.4. The van der Waals surface area contributed by atoms with E-state index in [1.165, 1.54) is 33.2 Å². The Morgan fingerprint density at radius 2 is 1.09 bits per heavy atom. The fourth-order valence-corrected chi connectivity index (χ4v) is 9.26. The van der Waals surface area contributed by atoms with E-state index in [1.54, 1.807) is 0 Å². The molecule has 0 spiro atoms. The zero-order chi connectivity index (χ0) is 44.4. The zero-order valence-electron chi connectivity index (χ0n) is 38.4. The van der Waals surface area contributed by atoms with E-state index < -0.39 is 0 Å². The summed E-state index contributed by atoms with van der Waals surface area (Å²) in [7, 11) is 2.10. The summed E-state index contributed by atoms with van der Waals surface area (Å²) in [5.41, 5.74) is 14.1. The maximum absolute atomic E-state index is 4.90. The maximum Gasteiger partial charge on any atom is 0.135 e. The molecule has 0 atom stereocenters. The van der Waals surface area contributed by atoms with Crippen molar-refractivity contribution in [2.75, 3.05) is 21.7 Å². The normalized spacial score (nSPS) is 13.0. The molecule has 10 rings (SSSR count). The molecule has 5 nitrogen and oxygen atoms in total. The van der Waals surface area contributed by atoms with Crippen molar-refractivity contribution in [1.29, 1.82) is 0 Å². The van der Waals surface area contributed by atoms with Gasteiger partial charge in [-0.2, -0.15) is 12.1 Å². The van der Waals surface area contributed by atoms with E-state index in [4.69, 9.17) is 4.98 Å². The fraction of sp³-hybridized carbons (Fsp3) is 0.186. The number of aromatic nitrogens is 2. The van der Waals surface area contributed by atoms with Crippen LogP contribution in [-0.2, 0) is 37.3 Å². The Morgan fingerprint density at radius 3 is 1.74 bits per heavy atom. The standard InChI is InChI=1S/C59H54N5.Pt/c1-57(2,3)43-32-33-60-56(37-43)64-52-27-16-15-26-50(52)51-31-30-47(39-55(51)64)61(8)46-24-19-25-48(38-46)62-40-63(54-29-18-17-28-53(54)62)49-35-44(58(4,5)41-20-11-9-12-21-41)34-45(36-49)59(6,7)42-22-13-10-14-23-42;/h9-37,40H,1-8H3;/q-3;. The van der Waals surface area contributed by atoms with Crippen molar-refractivity contribution in [2.24, 2.45) is 0 Å². The largest absolute Gasteiger partial charge is 0.493 e. The quantitative estimate of drug-likeness (QED) is 0.135. The molecule has 0 radical (unpaired) electrons. The summed E-state index contributed by atoms with van der Waals surface area (Å²) in [6.07, 6.45) is 1.92. The van der Waals surface area contributed by atoms with Crippen molar-refractivity contribution < 1.29 is 21.1 Å². The van der Waals surface area contributed by atoms with Gasteiger partial charge >= 0.3 is 0 Å². The van der Waals surface area contributed by atoms with Crippen LogP contribution in [0.1, 0.15) is 76.3 Å². The van der Waals surface area contributed by atoms with Gasteiger partial charge in [0.05, 0.1) is 0 Å². The summed E-state index contributed by atoms with van der Waals surface area (Å²) in [4.78, 5) is 11.7. The molecule has 0 saturated carbocycles. The Balaban J connectivity index is 0.00000533. The third-order valence-electron chi connectivity index (χ3n) is 13.4. The number of anilines is 6. The van der Waals surface area contributed by atoms with Crippen LogP contribution in [0.4, 0.5) is 34.1 Å². The van der Waals surface area contributed by atoms with Gasteiger partial charge in [-0.15, -0.1) is 48.1 Å². The van der Waals surface area contributed by atoms with E-state index in [0.717, 1.165) is 56.4 Å². The van der Waals surface area contributed by atoms with E-state index >= 15 is 0 Å². The number of hydrogen-bond donors (Lipinski definition) is 0. The van der Waals surface area contributed by atoms with Crippen LogP contribution in [0.5, 0.6) is 0 Å². The van der Waals surface area contributed by atoms with Crippen LogP contribution in [0, 0.1) is 18.8 Å². The molecule has 328 valence electrons. The summed E-state index contributed by atoms with van der Waals surface area (Å²) in [5, 5.41) is 2.32. The first-order chi connectivity index (χ1) is 30.8. The molecule has 0 fully saturated rings. The summed E-state index contributed by atoms with van der Waals surface area (Å²) >= 11 is 0. The number of benzene rings is 7. The van der Waals surface area contributed by atoms with Gasteiger partial charge in [-0.05, 0) is 81.1 Å². The Hall–Kier alpha value is -6.42. The van der Waals surface area contributed by atoms with Crippen LogP contribution in [0.3, 0.4) is 0 Å². The van der Waals surface area contributed by atoms with Gasteiger partial charge in [-0.25, -0.2) is 4.98 Å². The molecule has 0 amide bonds. The Labute approximate surface area is 399 Å². The molecule has 9 aromatic rings. The van der Waals surface area contributed by atoms with Gasteiger partial charge in [0.15, 0.2) is 0 Å². The Kier molecular flexibility index (Phi) is 11.4. The van der Waals surface area contributed by atoms with E-state index in [1.807, 2.05) is 6.20 Å². The number of hydrogen-bond acceptors (Lipinski definition) is 4. The molecule has 0 aliphatic carbocycles. The minimum atomic E-state index is -0.244. The summed E-state index contributed by atoms with van der Waals surface area (Å²) in [6.45, 7) is 18.3. The molecule has 0 unspecified atom stereocenters. The first-order valence-electron chi connectivity index (χ1n) is 22.3. The molecule has 7 aromatic carbocycles. The van der Waals surface area contributed by atoms with Crippen LogP contribution in [-0.4, -0.2) is 16.6 Å². The predicted molar refractivity (Wildman–Crippen MR) is 268 cm³/mol. The SMILES string of the molecule is CN(c1[c-]c(N2[CH-]N(c3cc(C(C)(C)c4ccccc4)cc(C(C)(C)c4ccccc4)c3)c3ccccc32)ccc1)c1[c-]c2c(cc1)c1ccccc1n2-c1cc(C(C)(C)C)ccn1.[Pt]. The molecule has 0 bridgehead atoms. The first kappa shape index (κ1) is 43.8. The average molecular weight is 1030 g/mol. The van der Waals surface area contributed by atoms with E-state index in [0.29, 0.717) is 0 Å². The van der Waals surface area contributed by atoms with Crippen LogP contribution in [0.2, 0.25) is 0 Å². The summed E-state index contributed by atoms with van der Waals surface area (Å²) in [6, 6.07) is 68.9. The van der Waals surface area contributed by atoms with Gasteiger partial charge < -0.3 is 19.3 Å². The zero-order valence-corrected chi connectivity index (χ0v) is 40.6. The van der Waals surface area contributed by atoms with Crippen LogP contribution < -0.4 is 14.7 Å². The number of rotatable bonds is 9. The van der Waals surface area contributed by atoms with Gasteiger partial charge in [-0.3, -0.25) is 0 Å². The molecular formula is C59H54N5Pt-3. The number of fused-ring (bicyclic) bond motifs is 4. The predicted octanol–water partition coefficient (Wildman–Crippen LogP) is 14.9. The molecule has 2 aromatic heterocycles. The number of para-hydroxylation sites is 3. The van der Waals surface area contributed by atoms with Crippen LogP contribution in [0.25, 0.3) is 27.6 Å². The molecule has 0 N–H and O–H groups in total. The minimum Gasteiger partial charge on any atom is -0.493 e. The van der Waals surface area contributed by atoms with Crippen molar-refractivity contribution in [3.05, 3.63) is 223 Å². The molecule has 0 saturated heterocycles. The van der Waals surface area contributed by atoms with E-state index in [2.05, 4.69) is 263 Å². The number of pyridine rings is 1. The molecule has 6 heteroatoms. The topological polar surface area (TPSA) is 27.5 Å². The second-order valence-corrected chi connectivity index (χ2v) is 19.2. The Morgan fingerprint density at radius 1 is 0.508 bits per heavy atom. The molecule has 1 aliphatic rings. The van der Waals surface area contributed by atoms with E-state index in [-0.39, 0.29) is 37.3 Å². The van der Waals surface area contributed by atoms with Crippen molar-refractivity contribution in [3.8, 4) is 5.82 Å². The second kappa shape index (κ2) is 16.9. The summed E-state index contributed by atoms with van der Waals surface area (Å²) in [5.74, 6) is 0.890. The molecule has 65 heavy (non-hydrogen) atoms. The molecule has 1 aliphatic heterocycles. The van der Waals surface area contributed by atoms with Crippen molar-refractivity contribution >= 4 is 55.9 Å². The van der Waals surface area contributed by atoms with Crippen LogP contribution in [0.15, 0.2) is 176 Å². The maximum atomic E-state index is 4.90. The van der Waals surface area contributed by atoms with Gasteiger partial charge in [0.25, 0.3) is 0 Å². The second-order valence-electron chi connectivity index (χ2n) is 19.2. The van der Waals surface area contributed by atoms with Crippen LogP contribution >= 0.6 is 0 Å². The molecular weight excluding hydrogens is 974 g/mol. The monoisotopic (exact) mass is 1030 g/mol. The van der Waals surface area contributed by atoms with Crippen molar-refractivity contribution in [2.45, 2.75) is 64.7 Å². The minimum absolute atomic E-state index is 0.